The topological polar surface area (TPSA) is 35.8 Å². The van der Waals surface area contributed by atoms with Crippen LogP contribution in [0.4, 0.5) is 5.69 Å². The molecule has 0 heterocycles. The molecule has 1 rings (SSSR count). The molecular formula is C15H21BrN2. The van der Waals surface area contributed by atoms with Gasteiger partial charge in [-0.1, -0.05) is 26.7 Å². The fourth-order valence-corrected chi connectivity index (χ4v) is 2.35. The van der Waals surface area contributed by atoms with E-state index in [-0.39, 0.29) is 0 Å². The zero-order valence-electron chi connectivity index (χ0n) is 11.3. The van der Waals surface area contributed by atoms with Crippen molar-refractivity contribution in [3.8, 4) is 6.07 Å². The number of nitrogens with zero attached hydrogens (tertiary/aromatic N) is 1. The lowest BCUT2D eigenvalue weighted by Gasteiger charge is -2.16. The highest BCUT2D eigenvalue weighted by molar-refractivity contribution is 9.10. The molecule has 0 radical (unpaired) electrons. The summed E-state index contributed by atoms with van der Waals surface area (Å²) in [5, 5.41) is 12.3. The Morgan fingerprint density at radius 3 is 2.56 bits per heavy atom. The van der Waals surface area contributed by atoms with Gasteiger partial charge in [-0.15, -0.1) is 0 Å². The van der Waals surface area contributed by atoms with Gasteiger partial charge in [-0.25, -0.2) is 0 Å². The van der Waals surface area contributed by atoms with Crippen molar-refractivity contribution >= 4 is 21.6 Å². The maximum atomic E-state index is 8.86. The molecule has 0 aliphatic carbocycles. The second kappa shape index (κ2) is 7.43. The van der Waals surface area contributed by atoms with E-state index in [1.165, 1.54) is 19.3 Å². The van der Waals surface area contributed by atoms with Crippen molar-refractivity contribution in [3.05, 3.63) is 28.2 Å². The van der Waals surface area contributed by atoms with Crippen molar-refractivity contribution < 1.29 is 0 Å². The van der Waals surface area contributed by atoms with Crippen LogP contribution in [0, 0.1) is 17.2 Å². The minimum atomic E-state index is 0.462. The Hall–Kier alpha value is -1.01. The van der Waals surface area contributed by atoms with Crippen molar-refractivity contribution in [1.82, 2.24) is 0 Å². The summed E-state index contributed by atoms with van der Waals surface area (Å²) in [5.74, 6) is 0.779. The van der Waals surface area contributed by atoms with Crippen molar-refractivity contribution in [2.45, 2.75) is 46.1 Å². The summed E-state index contributed by atoms with van der Waals surface area (Å²) in [4.78, 5) is 0. The zero-order chi connectivity index (χ0) is 13.5. The van der Waals surface area contributed by atoms with Crippen molar-refractivity contribution in [3.63, 3.8) is 0 Å². The summed E-state index contributed by atoms with van der Waals surface area (Å²) < 4.78 is 0.851. The van der Waals surface area contributed by atoms with E-state index < -0.39 is 0 Å². The maximum absolute atomic E-state index is 8.86. The second-order valence-electron chi connectivity index (χ2n) is 5.18. The fourth-order valence-electron chi connectivity index (χ4n) is 1.88. The molecule has 0 amide bonds. The third kappa shape index (κ3) is 5.10. The first kappa shape index (κ1) is 15.0. The molecule has 3 heteroatoms. The largest absolute Gasteiger partial charge is 0.383 e. The predicted molar refractivity (Wildman–Crippen MR) is 80.6 cm³/mol. The molecule has 1 unspecified atom stereocenters. The van der Waals surface area contributed by atoms with Gasteiger partial charge in [0, 0.05) is 16.2 Å². The summed E-state index contributed by atoms with van der Waals surface area (Å²) in [6, 6.07) is 8.38. The lowest BCUT2D eigenvalue weighted by molar-refractivity contribution is 0.520. The Labute approximate surface area is 119 Å². The van der Waals surface area contributed by atoms with Gasteiger partial charge in [0.1, 0.15) is 6.07 Å². The summed E-state index contributed by atoms with van der Waals surface area (Å²) in [5.41, 5.74) is 1.74. The van der Waals surface area contributed by atoms with E-state index in [2.05, 4.69) is 48.1 Å². The van der Waals surface area contributed by atoms with Crippen LogP contribution in [-0.4, -0.2) is 6.04 Å². The molecule has 0 fully saturated rings. The highest BCUT2D eigenvalue weighted by atomic mass is 79.9. The average Bonchev–Trinajstić information content (AvgIpc) is 2.28. The molecule has 0 bridgehead atoms. The zero-order valence-corrected chi connectivity index (χ0v) is 12.9. The Morgan fingerprint density at radius 1 is 1.28 bits per heavy atom. The normalized spacial score (nSPS) is 12.2. The van der Waals surface area contributed by atoms with Crippen LogP contribution in [-0.2, 0) is 0 Å². The molecule has 1 aromatic carbocycles. The number of rotatable bonds is 6. The number of hydrogen-bond donors (Lipinski definition) is 1. The van der Waals surface area contributed by atoms with Crippen LogP contribution >= 0.6 is 15.9 Å². The summed E-state index contributed by atoms with van der Waals surface area (Å²) in [6.07, 6.45) is 3.71. The molecule has 2 nitrogen and oxygen atoms in total. The van der Waals surface area contributed by atoms with Gasteiger partial charge in [-0.2, -0.15) is 5.26 Å². The standard InChI is InChI=1S/C15H21BrN2/c1-11(2)5-4-6-12(3)18-14-8-7-13(10-17)15(16)9-14/h7-9,11-12,18H,4-6H2,1-3H3. The van der Waals surface area contributed by atoms with Gasteiger partial charge in [0.25, 0.3) is 0 Å². The minimum Gasteiger partial charge on any atom is -0.383 e. The monoisotopic (exact) mass is 308 g/mol. The molecule has 0 saturated carbocycles. The van der Waals surface area contributed by atoms with E-state index >= 15 is 0 Å². The Balaban J connectivity index is 2.47. The van der Waals surface area contributed by atoms with Gasteiger partial charge in [-0.05, 0) is 53.4 Å². The van der Waals surface area contributed by atoms with Crippen molar-refractivity contribution in [1.29, 1.82) is 5.26 Å². The molecule has 0 aliphatic heterocycles. The molecule has 0 aliphatic rings. The number of nitrogens with one attached hydrogen (secondary N) is 1. The van der Waals surface area contributed by atoms with E-state index in [4.69, 9.17) is 5.26 Å². The quantitative estimate of drug-likeness (QED) is 0.807. The molecule has 1 N–H and O–H groups in total. The molecule has 0 aromatic heterocycles. The van der Waals surface area contributed by atoms with Gasteiger partial charge >= 0.3 is 0 Å². The van der Waals surface area contributed by atoms with Gasteiger partial charge in [-0.3, -0.25) is 0 Å². The second-order valence-corrected chi connectivity index (χ2v) is 6.03. The molecule has 1 aromatic rings. The van der Waals surface area contributed by atoms with E-state index in [0.717, 1.165) is 16.1 Å². The third-order valence-corrected chi connectivity index (χ3v) is 3.58. The Morgan fingerprint density at radius 2 is 2.00 bits per heavy atom. The lowest BCUT2D eigenvalue weighted by Crippen LogP contribution is -2.15. The van der Waals surface area contributed by atoms with Crippen LogP contribution in [0.1, 0.15) is 45.6 Å². The van der Waals surface area contributed by atoms with Gasteiger partial charge < -0.3 is 5.32 Å². The third-order valence-electron chi connectivity index (χ3n) is 2.92. The number of nitriles is 1. The number of anilines is 1. The molecule has 98 valence electrons. The number of halogens is 1. The number of hydrogen-bond acceptors (Lipinski definition) is 2. The Kier molecular flexibility index (Phi) is 6.21. The van der Waals surface area contributed by atoms with Crippen molar-refractivity contribution in [2.24, 2.45) is 5.92 Å². The van der Waals surface area contributed by atoms with E-state index in [1.807, 2.05) is 18.2 Å². The summed E-state index contributed by atoms with van der Waals surface area (Å²) >= 11 is 3.41. The first-order valence-corrected chi connectivity index (χ1v) is 7.28. The molecule has 18 heavy (non-hydrogen) atoms. The highest BCUT2D eigenvalue weighted by Crippen LogP contribution is 2.22. The smallest absolute Gasteiger partial charge is 0.100 e. The van der Waals surface area contributed by atoms with Crippen LogP contribution < -0.4 is 5.32 Å². The van der Waals surface area contributed by atoms with Crippen LogP contribution in [0.25, 0.3) is 0 Å². The van der Waals surface area contributed by atoms with Crippen LogP contribution in [0.3, 0.4) is 0 Å². The molecule has 0 saturated heterocycles. The predicted octanol–water partition coefficient (Wildman–Crippen LogP) is 4.95. The van der Waals surface area contributed by atoms with E-state index in [1.54, 1.807) is 0 Å². The molecule has 0 spiro atoms. The first-order valence-electron chi connectivity index (χ1n) is 6.49. The minimum absolute atomic E-state index is 0.462. The van der Waals surface area contributed by atoms with Gasteiger partial charge in [0.05, 0.1) is 5.56 Å². The molecular weight excluding hydrogens is 288 g/mol. The van der Waals surface area contributed by atoms with Crippen molar-refractivity contribution in [2.75, 3.05) is 5.32 Å². The average molecular weight is 309 g/mol. The SMILES string of the molecule is CC(C)CCCC(C)Nc1ccc(C#N)c(Br)c1. The van der Waals surface area contributed by atoms with E-state index in [9.17, 15) is 0 Å². The number of benzene rings is 1. The summed E-state index contributed by atoms with van der Waals surface area (Å²) in [6.45, 7) is 6.72. The van der Waals surface area contributed by atoms with Crippen LogP contribution in [0.2, 0.25) is 0 Å². The van der Waals surface area contributed by atoms with E-state index in [0.29, 0.717) is 11.6 Å². The van der Waals surface area contributed by atoms with Gasteiger partial charge in [0.15, 0.2) is 0 Å². The summed E-state index contributed by atoms with van der Waals surface area (Å²) in [7, 11) is 0. The van der Waals surface area contributed by atoms with Crippen LogP contribution in [0.5, 0.6) is 0 Å². The Bertz CT molecular complexity index is 421. The first-order chi connectivity index (χ1) is 8.52. The van der Waals surface area contributed by atoms with Crippen LogP contribution in [0.15, 0.2) is 22.7 Å². The van der Waals surface area contributed by atoms with Gasteiger partial charge in [0.2, 0.25) is 0 Å². The maximum Gasteiger partial charge on any atom is 0.100 e. The molecule has 1 atom stereocenters. The highest BCUT2D eigenvalue weighted by Gasteiger charge is 2.05. The lowest BCUT2D eigenvalue weighted by atomic mass is 10.0. The fraction of sp³-hybridized carbons (Fsp3) is 0.533.